The second-order valence-electron chi connectivity index (χ2n) is 4.91. The molecule has 0 aromatic carbocycles. The summed E-state index contributed by atoms with van der Waals surface area (Å²) in [5.41, 5.74) is 16.9. The average Bonchev–Trinajstić information content (AvgIpc) is 2.28. The summed E-state index contributed by atoms with van der Waals surface area (Å²) < 4.78 is 1.13. The van der Waals surface area contributed by atoms with Gasteiger partial charge in [0, 0.05) is 19.3 Å². The SMILES string of the molecule is CC(C)[N+](CCCN)(CCCN)CCCN. The molecule has 0 fully saturated rings. The van der Waals surface area contributed by atoms with Gasteiger partial charge in [-0.05, 0) is 33.5 Å². The van der Waals surface area contributed by atoms with E-state index in [0.29, 0.717) is 6.04 Å². The highest BCUT2D eigenvalue weighted by Gasteiger charge is 2.29. The number of rotatable bonds is 10. The van der Waals surface area contributed by atoms with Crippen molar-refractivity contribution < 1.29 is 4.48 Å². The van der Waals surface area contributed by atoms with Gasteiger partial charge >= 0.3 is 0 Å². The Balaban J connectivity index is 4.46. The van der Waals surface area contributed by atoms with Crippen LogP contribution in [0.1, 0.15) is 33.1 Å². The van der Waals surface area contributed by atoms with Crippen molar-refractivity contribution in [2.75, 3.05) is 39.3 Å². The van der Waals surface area contributed by atoms with E-state index in [1.807, 2.05) is 0 Å². The van der Waals surface area contributed by atoms with E-state index >= 15 is 0 Å². The Hall–Kier alpha value is -0.160. The average molecular weight is 231 g/mol. The molecule has 0 aromatic rings. The van der Waals surface area contributed by atoms with Crippen molar-refractivity contribution in [2.45, 2.75) is 39.2 Å². The standard InChI is InChI=1S/C12H31N4/c1-12(2)16(9-3-6-13,10-4-7-14)11-5-8-15/h12H,3-11,13-15H2,1-2H3/q+1. The first kappa shape index (κ1) is 15.8. The molecule has 0 aromatic heterocycles. The Morgan fingerprint density at radius 2 is 1.06 bits per heavy atom. The highest BCUT2D eigenvalue weighted by molar-refractivity contribution is 4.54. The van der Waals surface area contributed by atoms with E-state index in [4.69, 9.17) is 17.2 Å². The second-order valence-corrected chi connectivity index (χ2v) is 4.91. The summed E-state index contributed by atoms with van der Waals surface area (Å²) in [5, 5.41) is 0. The van der Waals surface area contributed by atoms with E-state index in [1.165, 1.54) is 0 Å². The number of quaternary nitrogens is 1. The lowest BCUT2D eigenvalue weighted by Gasteiger charge is -2.43. The third-order valence-electron chi connectivity index (χ3n) is 3.52. The van der Waals surface area contributed by atoms with Crippen molar-refractivity contribution in [3.8, 4) is 0 Å². The first-order valence-corrected chi connectivity index (χ1v) is 6.59. The van der Waals surface area contributed by atoms with Crippen LogP contribution < -0.4 is 17.2 Å². The summed E-state index contributed by atoms with van der Waals surface area (Å²) in [5.74, 6) is 0. The minimum atomic E-state index is 0.629. The molecule has 0 aliphatic carbocycles. The van der Waals surface area contributed by atoms with Gasteiger partial charge in [-0.3, -0.25) is 0 Å². The predicted octanol–water partition coefficient (Wildman–Crippen LogP) is 0.258. The van der Waals surface area contributed by atoms with Crippen LogP contribution in [0, 0.1) is 0 Å². The highest BCUT2D eigenvalue weighted by atomic mass is 15.4. The van der Waals surface area contributed by atoms with Gasteiger partial charge in [0.2, 0.25) is 0 Å². The summed E-state index contributed by atoms with van der Waals surface area (Å²) >= 11 is 0. The fourth-order valence-corrected chi connectivity index (χ4v) is 2.33. The van der Waals surface area contributed by atoms with Gasteiger partial charge in [-0.25, -0.2) is 0 Å². The van der Waals surface area contributed by atoms with E-state index in [9.17, 15) is 0 Å². The molecule has 0 saturated heterocycles. The first-order chi connectivity index (χ1) is 7.63. The molecule has 0 amide bonds. The van der Waals surface area contributed by atoms with Crippen LogP contribution in [0.2, 0.25) is 0 Å². The van der Waals surface area contributed by atoms with E-state index in [-0.39, 0.29) is 0 Å². The van der Waals surface area contributed by atoms with Gasteiger partial charge in [-0.2, -0.15) is 0 Å². The predicted molar refractivity (Wildman–Crippen MR) is 71.0 cm³/mol. The maximum absolute atomic E-state index is 5.63. The van der Waals surface area contributed by atoms with Gasteiger partial charge in [0.05, 0.1) is 25.7 Å². The van der Waals surface area contributed by atoms with Crippen LogP contribution in [-0.4, -0.2) is 49.8 Å². The number of nitrogens with two attached hydrogens (primary N) is 3. The van der Waals surface area contributed by atoms with Crippen LogP contribution in [-0.2, 0) is 0 Å². The Bertz CT molecular complexity index is 137. The number of hydrogen-bond donors (Lipinski definition) is 3. The molecular weight excluding hydrogens is 200 g/mol. The van der Waals surface area contributed by atoms with E-state index in [1.54, 1.807) is 0 Å². The maximum atomic E-state index is 5.63. The van der Waals surface area contributed by atoms with Gasteiger partial charge in [0.25, 0.3) is 0 Å². The van der Waals surface area contributed by atoms with Crippen LogP contribution in [0.4, 0.5) is 0 Å². The number of nitrogens with zero attached hydrogens (tertiary/aromatic N) is 1. The molecule has 0 aliphatic heterocycles. The Morgan fingerprint density at radius 1 is 0.750 bits per heavy atom. The second kappa shape index (κ2) is 8.93. The van der Waals surface area contributed by atoms with Crippen molar-refractivity contribution in [3.05, 3.63) is 0 Å². The molecule has 0 unspecified atom stereocenters. The largest absolute Gasteiger partial charge is 0.330 e. The molecule has 16 heavy (non-hydrogen) atoms. The fraction of sp³-hybridized carbons (Fsp3) is 1.00. The van der Waals surface area contributed by atoms with Crippen LogP contribution >= 0.6 is 0 Å². The summed E-state index contributed by atoms with van der Waals surface area (Å²) in [6.07, 6.45) is 3.27. The molecule has 6 N–H and O–H groups in total. The molecule has 0 bridgehead atoms. The monoisotopic (exact) mass is 231 g/mol. The zero-order valence-corrected chi connectivity index (χ0v) is 11.1. The molecule has 98 valence electrons. The molecular formula is C12H31N4+. The minimum Gasteiger partial charge on any atom is -0.330 e. The smallest absolute Gasteiger partial charge is 0.0833 e. The maximum Gasteiger partial charge on any atom is 0.0833 e. The molecule has 0 spiro atoms. The zero-order valence-electron chi connectivity index (χ0n) is 11.1. The highest BCUT2D eigenvalue weighted by Crippen LogP contribution is 2.16. The van der Waals surface area contributed by atoms with Crippen LogP contribution in [0.15, 0.2) is 0 Å². The van der Waals surface area contributed by atoms with Crippen molar-refractivity contribution in [3.63, 3.8) is 0 Å². The van der Waals surface area contributed by atoms with Crippen LogP contribution in [0.5, 0.6) is 0 Å². The van der Waals surface area contributed by atoms with Gasteiger partial charge in [0.1, 0.15) is 0 Å². The molecule has 4 nitrogen and oxygen atoms in total. The van der Waals surface area contributed by atoms with E-state index in [2.05, 4.69) is 13.8 Å². The molecule has 0 aliphatic rings. The summed E-state index contributed by atoms with van der Waals surface area (Å²) in [4.78, 5) is 0. The van der Waals surface area contributed by atoms with Crippen molar-refractivity contribution in [1.82, 2.24) is 0 Å². The minimum absolute atomic E-state index is 0.629. The van der Waals surface area contributed by atoms with Gasteiger partial charge in [0.15, 0.2) is 0 Å². The normalized spacial score (nSPS) is 12.4. The number of hydrogen-bond acceptors (Lipinski definition) is 3. The van der Waals surface area contributed by atoms with Crippen molar-refractivity contribution in [2.24, 2.45) is 17.2 Å². The topological polar surface area (TPSA) is 78.1 Å². The fourth-order valence-electron chi connectivity index (χ4n) is 2.33. The van der Waals surface area contributed by atoms with Crippen molar-refractivity contribution in [1.29, 1.82) is 0 Å². The Kier molecular flexibility index (Phi) is 8.84. The van der Waals surface area contributed by atoms with Gasteiger partial charge in [-0.1, -0.05) is 0 Å². The molecule has 4 heteroatoms. The molecule has 0 heterocycles. The van der Waals surface area contributed by atoms with E-state index in [0.717, 1.165) is 63.0 Å². The van der Waals surface area contributed by atoms with E-state index < -0.39 is 0 Å². The zero-order chi connectivity index (χ0) is 12.4. The first-order valence-electron chi connectivity index (χ1n) is 6.59. The lowest BCUT2D eigenvalue weighted by molar-refractivity contribution is -0.948. The van der Waals surface area contributed by atoms with Crippen LogP contribution in [0.3, 0.4) is 0 Å². The third-order valence-corrected chi connectivity index (χ3v) is 3.52. The van der Waals surface area contributed by atoms with Gasteiger partial charge < -0.3 is 21.7 Å². The van der Waals surface area contributed by atoms with Gasteiger partial charge in [-0.15, -0.1) is 0 Å². The lowest BCUT2D eigenvalue weighted by atomic mass is 10.1. The lowest BCUT2D eigenvalue weighted by Crippen LogP contribution is -2.56. The quantitative estimate of drug-likeness (QED) is 0.472. The molecule has 0 rings (SSSR count). The summed E-state index contributed by atoms with van der Waals surface area (Å²) in [7, 11) is 0. The summed E-state index contributed by atoms with van der Waals surface area (Å²) in [6.45, 7) is 10.4. The van der Waals surface area contributed by atoms with Crippen LogP contribution in [0.25, 0.3) is 0 Å². The molecule has 0 saturated carbocycles. The Morgan fingerprint density at radius 3 is 1.25 bits per heavy atom. The molecule has 0 atom stereocenters. The summed E-state index contributed by atoms with van der Waals surface area (Å²) in [6, 6.07) is 0.629. The third kappa shape index (κ3) is 5.25. The van der Waals surface area contributed by atoms with Crippen molar-refractivity contribution >= 4 is 0 Å². The Labute approximate surface area is 101 Å². The molecule has 0 radical (unpaired) electrons.